The molecule has 4 aromatic rings. The van der Waals surface area contributed by atoms with Crippen molar-refractivity contribution in [1.82, 2.24) is 19.4 Å². The standard InChI is InChI=1S/C35H43FN8O3S/c1-23-22-47-35-32-28(16-29(36)33(35)43-12-8-26(37)21-43)34(45)25(20-44(23)32)19-41(18-24-7-9-39-31(15-24)46-2)10-3-4-11-42(13-14-48)27-5-6-30(38)40-17-27/h5-7,9,14-17,20,23,26H,3-4,8,10-13,18-19,21-22,37H2,1-2H3,(H2,38,40). The van der Waals surface area contributed by atoms with Crippen LogP contribution in [0.25, 0.3) is 10.9 Å². The largest absolute Gasteiger partial charge is 0.487 e. The minimum absolute atomic E-state index is 0.0245. The number of pyridine rings is 3. The highest BCUT2D eigenvalue weighted by Gasteiger charge is 2.32. The van der Waals surface area contributed by atoms with Gasteiger partial charge >= 0.3 is 0 Å². The Bertz CT molecular complexity index is 1820. The van der Waals surface area contributed by atoms with Crippen LogP contribution in [-0.2, 0) is 13.1 Å². The number of methoxy groups -OCH3 is 1. The van der Waals surface area contributed by atoms with Crippen molar-refractivity contribution < 1.29 is 13.9 Å². The molecule has 1 fully saturated rings. The monoisotopic (exact) mass is 674 g/mol. The maximum absolute atomic E-state index is 15.8. The van der Waals surface area contributed by atoms with Crippen molar-refractivity contribution in [2.24, 2.45) is 5.73 Å². The molecule has 0 aliphatic carbocycles. The molecule has 13 heteroatoms. The van der Waals surface area contributed by atoms with E-state index in [-0.39, 0.29) is 17.5 Å². The van der Waals surface area contributed by atoms with Crippen molar-refractivity contribution in [2.75, 3.05) is 62.0 Å². The maximum atomic E-state index is 15.8. The molecule has 0 amide bonds. The minimum Gasteiger partial charge on any atom is -0.487 e. The van der Waals surface area contributed by atoms with Crippen LogP contribution in [0.2, 0.25) is 0 Å². The zero-order chi connectivity index (χ0) is 33.8. The van der Waals surface area contributed by atoms with Crippen LogP contribution in [0.15, 0.2) is 53.7 Å². The number of anilines is 3. The quantitative estimate of drug-likeness (QED) is 0.147. The zero-order valence-corrected chi connectivity index (χ0v) is 28.3. The highest BCUT2D eigenvalue weighted by atomic mass is 32.1. The normalized spacial score (nSPS) is 17.1. The lowest BCUT2D eigenvalue weighted by Crippen LogP contribution is -2.32. The number of unbranched alkanes of at least 4 members (excludes halogenated alkanes) is 1. The van der Waals surface area contributed by atoms with Gasteiger partial charge in [0, 0.05) is 69.3 Å². The van der Waals surface area contributed by atoms with E-state index < -0.39 is 5.82 Å². The smallest absolute Gasteiger partial charge is 0.213 e. The number of halogens is 1. The van der Waals surface area contributed by atoms with Gasteiger partial charge in [-0.05, 0) is 67.9 Å². The molecule has 3 aromatic heterocycles. The predicted octanol–water partition coefficient (Wildman–Crippen LogP) is 4.30. The van der Waals surface area contributed by atoms with Crippen LogP contribution in [0, 0.1) is 5.82 Å². The molecular formula is C35H43FN8O3S. The molecule has 2 atom stereocenters. The SMILES string of the molecule is COc1cc(CN(CCCCN(CC=S)c2ccc(N)nc2)Cc2cn3c4c(c(N5CCC(N)C5)c(F)cc4c2=O)OCC3C)ccn1. The van der Waals surface area contributed by atoms with Crippen LogP contribution in [0.4, 0.5) is 21.6 Å². The fourth-order valence-corrected chi connectivity index (χ4v) is 6.86. The first-order valence-corrected chi connectivity index (χ1v) is 16.9. The van der Waals surface area contributed by atoms with Crippen molar-refractivity contribution in [3.63, 3.8) is 0 Å². The fourth-order valence-electron chi connectivity index (χ4n) is 6.68. The van der Waals surface area contributed by atoms with E-state index in [1.54, 1.807) is 30.9 Å². The maximum Gasteiger partial charge on any atom is 0.213 e. The molecule has 0 bridgehead atoms. The first-order valence-electron chi connectivity index (χ1n) is 16.4. The second-order valence-electron chi connectivity index (χ2n) is 12.7. The van der Waals surface area contributed by atoms with Gasteiger partial charge in [0.15, 0.2) is 17.0 Å². The number of nitrogen functional groups attached to an aromatic ring is 1. The van der Waals surface area contributed by atoms with Gasteiger partial charge in [-0.2, -0.15) is 0 Å². The third-order valence-corrected chi connectivity index (χ3v) is 9.30. The third kappa shape index (κ3) is 7.23. The number of nitrogens with zero attached hydrogens (tertiary/aromatic N) is 6. The lowest BCUT2D eigenvalue weighted by atomic mass is 10.0. The van der Waals surface area contributed by atoms with Crippen LogP contribution < -0.4 is 36.2 Å². The Balaban J connectivity index is 1.28. The Hall–Kier alpha value is -4.33. The molecule has 48 heavy (non-hydrogen) atoms. The van der Waals surface area contributed by atoms with Crippen LogP contribution in [0.3, 0.4) is 0 Å². The van der Waals surface area contributed by atoms with Crippen LogP contribution >= 0.6 is 12.2 Å². The number of rotatable bonds is 14. The van der Waals surface area contributed by atoms with Crippen molar-refractivity contribution in [2.45, 2.75) is 51.4 Å². The molecule has 2 aliphatic rings. The number of hydrogen-bond donors (Lipinski definition) is 2. The third-order valence-electron chi connectivity index (χ3n) is 9.15. The molecule has 5 heterocycles. The number of nitrogens with two attached hydrogens (primary N) is 2. The molecule has 254 valence electrons. The Kier molecular flexibility index (Phi) is 10.4. The topological polar surface area (TPSA) is 128 Å². The van der Waals surface area contributed by atoms with Gasteiger partial charge in [0.1, 0.15) is 18.1 Å². The number of hydrogen-bond acceptors (Lipinski definition) is 11. The Morgan fingerprint density at radius 1 is 1.19 bits per heavy atom. The summed E-state index contributed by atoms with van der Waals surface area (Å²) in [5.41, 5.74) is 15.4. The van der Waals surface area contributed by atoms with Crippen molar-refractivity contribution in [3.05, 3.63) is 76.1 Å². The van der Waals surface area contributed by atoms with E-state index in [0.29, 0.717) is 78.9 Å². The average molecular weight is 675 g/mol. The molecule has 11 nitrogen and oxygen atoms in total. The second kappa shape index (κ2) is 14.8. The molecule has 0 spiro atoms. The molecule has 6 rings (SSSR count). The van der Waals surface area contributed by atoms with Crippen molar-refractivity contribution >= 4 is 45.7 Å². The van der Waals surface area contributed by atoms with Crippen LogP contribution in [-0.4, -0.2) is 77.3 Å². The predicted molar refractivity (Wildman–Crippen MR) is 192 cm³/mol. The van der Waals surface area contributed by atoms with E-state index in [0.717, 1.165) is 43.6 Å². The highest BCUT2D eigenvalue weighted by Crippen LogP contribution is 2.42. The number of aromatic nitrogens is 3. The van der Waals surface area contributed by atoms with Gasteiger partial charge < -0.3 is 35.3 Å². The summed E-state index contributed by atoms with van der Waals surface area (Å²) >= 11 is 5.17. The van der Waals surface area contributed by atoms with E-state index in [4.69, 9.17) is 33.2 Å². The summed E-state index contributed by atoms with van der Waals surface area (Å²) < 4.78 is 29.4. The summed E-state index contributed by atoms with van der Waals surface area (Å²) in [4.78, 5) is 29.0. The zero-order valence-electron chi connectivity index (χ0n) is 27.5. The summed E-state index contributed by atoms with van der Waals surface area (Å²) in [6, 6.07) is 8.93. The molecule has 2 aliphatic heterocycles. The van der Waals surface area contributed by atoms with E-state index in [1.807, 2.05) is 29.3 Å². The summed E-state index contributed by atoms with van der Waals surface area (Å²) in [7, 11) is 1.59. The Morgan fingerprint density at radius 2 is 2.02 bits per heavy atom. The Morgan fingerprint density at radius 3 is 2.75 bits per heavy atom. The van der Waals surface area contributed by atoms with Gasteiger partial charge in [0.25, 0.3) is 0 Å². The second-order valence-corrected chi connectivity index (χ2v) is 13.0. The van der Waals surface area contributed by atoms with Gasteiger partial charge in [-0.1, -0.05) is 12.2 Å². The minimum atomic E-state index is -0.458. The summed E-state index contributed by atoms with van der Waals surface area (Å²) in [5, 5.41) is 2.04. The first kappa shape index (κ1) is 33.6. The molecule has 0 saturated carbocycles. The molecular weight excluding hydrogens is 632 g/mol. The summed E-state index contributed by atoms with van der Waals surface area (Å²) in [6.45, 7) is 6.70. The van der Waals surface area contributed by atoms with Gasteiger partial charge in [-0.15, -0.1) is 0 Å². The highest BCUT2D eigenvalue weighted by molar-refractivity contribution is 7.79. The van der Waals surface area contributed by atoms with Crippen LogP contribution in [0.1, 0.15) is 43.4 Å². The van der Waals surface area contributed by atoms with Gasteiger partial charge in [-0.3, -0.25) is 9.69 Å². The lowest BCUT2D eigenvalue weighted by molar-refractivity contribution is 0.240. The molecule has 1 aromatic carbocycles. The molecule has 0 radical (unpaired) electrons. The number of benzene rings is 1. The van der Waals surface area contributed by atoms with E-state index >= 15 is 4.39 Å². The first-order chi connectivity index (χ1) is 23.2. The number of thiocarbonyl (C=S) groups is 1. The number of ether oxygens (including phenoxy) is 2. The van der Waals surface area contributed by atoms with Gasteiger partial charge in [0.2, 0.25) is 5.88 Å². The van der Waals surface area contributed by atoms with Gasteiger partial charge in [0.05, 0.1) is 35.9 Å². The summed E-state index contributed by atoms with van der Waals surface area (Å²) in [6.07, 6.45) is 7.96. The van der Waals surface area contributed by atoms with Crippen molar-refractivity contribution in [3.8, 4) is 11.6 Å². The van der Waals surface area contributed by atoms with Crippen molar-refractivity contribution in [1.29, 1.82) is 0 Å². The Labute approximate surface area is 285 Å². The summed E-state index contributed by atoms with van der Waals surface area (Å²) in [5.74, 6) is 0.974. The molecule has 2 unspecified atom stereocenters. The lowest BCUT2D eigenvalue weighted by Gasteiger charge is -2.32. The van der Waals surface area contributed by atoms with E-state index in [2.05, 4.69) is 31.3 Å². The molecule has 4 N–H and O–H groups in total. The molecule has 1 saturated heterocycles. The van der Waals surface area contributed by atoms with Gasteiger partial charge in [-0.25, -0.2) is 14.4 Å². The van der Waals surface area contributed by atoms with Crippen LogP contribution in [0.5, 0.6) is 11.6 Å². The van der Waals surface area contributed by atoms with E-state index in [9.17, 15) is 4.79 Å². The fraction of sp³-hybridized carbons (Fsp3) is 0.429. The average Bonchev–Trinajstić information content (AvgIpc) is 3.51. The van der Waals surface area contributed by atoms with E-state index in [1.165, 1.54) is 6.07 Å².